The van der Waals surface area contributed by atoms with Crippen molar-refractivity contribution in [1.29, 1.82) is 0 Å². The third-order valence-electron chi connectivity index (χ3n) is 3.55. The van der Waals surface area contributed by atoms with Gasteiger partial charge in [-0.2, -0.15) is 0 Å². The molecule has 2 unspecified atom stereocenters. The summed E-state index contributed by atoms with van der Waals surface area (Å²) in [6.07, 6.45) is 4.36. The van der Waals surface area contributed by atoms with Crippen LogP contribution in [0.4, 0.5) is 4.79 Å². The molecular weight excluding hydrogens is 236 g/mol. The van der Waals surface area contributed by atoms with Crippen molar-refractivity contribution < 1.29 is 19.4 Å². The largest absolute Gasteiger partial charge is 0.480 e. The second-order valence-electron chi connectivity index (χ2n) is 4.86. The number of carboxylic acids is 1. The molecule has 6 heteroatoms. The number of urea groups is 1. The van der Waals surface area contributed by atoms with Crippen LogP contribution < -0.4 is 5.32 Å². The van der Waals surface area contributed by atoms with E-state index in [1.165, 1.54) is 4.90 Å². The van der Waals surface area contributed by atoms with Gasteiger partial charge in [-0.1, -0.05) is 0 Å². The van der Waals surface area contributed by atoms with E-state index in [4.69, 9.17) is 9.84 Å². The molecule has 0 aromatic carbocycles. The van der Waals surface area contributed by atoms with Crippen molar-refractivity contribution in [3.05, 3.63) is 0 Å². The lowest BCUT2D eigenvalue weighted by atomic mass is 10.0. The Labute approximate surface area is 106 Å². The van der Waals surface area contributed by atoms with Crippen LogP contribution >= 0.6 is 0 Å². The lowest BCUT2D eigenvalue weighted by Crippen LogP contribution is -2.52. The van der Waals surface area contributed by atoms with Gasteiger partial charge in [-0.05, 0) is 32.1 Å². The first-order chi connectivity index (χ1) is 8.68. The van der Waals surface area contributed by atoms with Gasteiger partial charge in [0.05, 0.1) is 6.10 Å². The van der Waals surface area contributed by atoms with E-state index in [1.54, 1.807) is 0 Å². The first-order valence-electron chi connectivity index (χ1n) is 6.57. The molecule has 6 nitrogen and oxygen atoms in total. The van der Waals surface area contributed by atoms with Crippen LogP contribution in [-0.4, -0.2) is 53.8 Å². The fourth-order valence-corrected chi connectivity index (χ4v) is 2.54. The molecule has 2 aliphatic heterocycles. The first-order valence-corrected chi connectivity index (χ1v) is 6.57. The average molecular weight is 256 g/mol. The van der Waals surface area contributed by atoms with Gasteiger partial charge < -0.3 is 20.1 Å². The molecule has 2 heterocycles. The zero-order valence-electron chi connectivity index (χ0n) is 10.4. The molecule has 0 aromatic heterocycles. The van der Waals surface area contributed by atoms with E-state index in [0.717, 1.165) is 32.3 Å². The Morgan fingerprint density at radius 1 is 1.28 bits per heavy atom. The second-order valence-corrected chi connectivity index (χ2v) is 4.86. The van der Waals surface area contributed by atoms with E-state index in [9.17, 15) is 9.59 Å². The molecule has 0 saturated carbocycles. The minimum atomic E-state index is -0.915. The van der Waals surface area contributed by atoms with Gasteiger partial charge in [-0.15, -0.1) is 0 Å². The van der Waals surface area contributed by atoms with Crippen molar-refractivity contribution in [3.63, 3.8) is 0 Å². The molecule has 0 aliphatic carbocycles. The number of rotatable bonds is 3. The third kappa shape index (κ3) is 3.13. The lowest BCUT2D eigenvalue weighted by Gasteiger charge is -2.33. The Bertz CT molecular complexity index is 315. The number of piperidine rings is 1. The molecule has 102 valence electrons. The summed E-state index contributed by atoms with van der Waals surface area (Å²) >= 11 is 0. The van der Waals surface area contributed by atoms with Gasteiger partial charge in [-0.3, -0.25) is 0 Å². The molecule has 0 aromatic rings. The molecule has 2 aliphatic rings. The predicted octanol–water partition coefficient (Wildman–Crippen LogP) is 0.814. The van der Waals surface area contributed by atoms with Crippen LogP contribution in [-0.2, 0) is 9.53 Å². The summed E-state index contributed by atoms with van der Waals surface area (Å²) in [6, 6.07) is -0.958. The molecule has 2 rings (SSSR count). The van der Waals surface area contributed by atoms with Gasteiger partial charge in [-0.25, -0.2) is 9.59 Å². The van der Waals surface area contributed by atoms with E-state index >= 15 is 0 Å². The summed E-state index contributed by atoms with van der Waals surface area (Å²) in [7, 11) is 0. The maximum Gasteiger partial charge on any atom is 0.326 e. The number of aliphatic carboxylic acids is 1. The number of ether oxygens (including phenoxy) is 1. The van der Waals surface area contributed by atoms with Crippen molar-refractivity contribution in [1.82, 2.24) is 10.2 Å². The standard InChI is InChI=1S/C12H20N2O4/c15-11(16)10-5-1-2-6-14(10)12(17)13-8-9-4-3-7-18-9/h9-10H,1-8H2,(H,13,17)(H,15,16). The van der Waals surface area contributed by atoms with Gasteiger partial charge in [0, 0.05) is 19.7 Å². The van der Waals surface area contributed by atoms with Gasteiger partial charge in [0.15, 0.2) is 0 Å². The van der Waals surface area contributed by atoms with E-state index in [1.807, 2.05) is 0 Å². The first kappa shape index (κ1) is 13.1. The van der Waals surface area contributed by atoms with Crippen LogP contribution in [0.25, 0.3) is 0 Å². The predicted molar refractivity (Wildman–Crippen MR) is 64.4 cm³/mol. The average Bonchev–Trinajstić information content (AvgIpc) is 2.89. The maximum atomic E-state index is 12.0. The highest BCUT2D eigenvalue weighted by Gasteiger charge is 2.32. The lowest BCUT2D eigenvalue weighted by molar-refractivity contribution is -0.143. The zero-order chi connectivity index (χ0) is 13.0. The van der Waals surface area contributed by atoms with Crippen LogP contribution in [0, 0.1) is 0 Å². The van der Waals surface area contributed by atoms with Crippen molar-refractivity contribution in [2.24, 2.45) is 0 Å². The van der Waals surface area contributed by atoms with Crippen LogP contribution in [0.2, 0.25) is 0 Å². The van der Waals surface area contributed by atoms with Crippen molar-refractivity contribution in [2.75, 3.05) is 19.7 Å². The van der Waals surface area contributed by atoms with E-state index in [2.05, 4.69) is 5.32 Å². The highest BCUT2D eigenvalue weighted by molar-refractivity contribution is 5.82. The number of carboxylic acid groups (broad SMARTS) is 1. The van der Waals surface area contributed by atoms with Crippen LogP contribution in [0.3, 0.4) is 0 Å². The number of nitrogens with one attached hydrogen (secondary N) is 1. The fraction of sp³-hybridized carbons (Fsp3) is 0.833. The number of nitrogens with zero attached hydrogens (tertiary/aromatic N) is 1. The molecule has 2 atom stereocenters. The zero-order valence-corrected chi connectivity index (χ0v) is 10.4. The van der Waals surface area contributed by atoms with Gasteiger partial charge >= 0.3 is 12.0 Å². The minimum Gasteiger partial charge on any atom is -0.480 e. The van der Waals surface area contributed by atoms with Crippen LogP contribution in [0.5, 0.6) is 0 Å². The summed E-state index contributed by atoms with van der Waals surface area (Å²) < 4.78 is 5.42. The number of amides is 2. The number of carbonyl (C=O) groups is 2. The van der Waals surface area contributed by atoms with Gasteiger partial charge in [0.1, 0.15) is 6.04 Å². The van der Waals surface area contributed by atoms with Crippen molar-refractivity contribution >= 4 is 12.0 Å². The number of carbonyl (C=O) groups excluding carboxylic acids is 1. The smallest absolute Gasteiger partial charge is 0.326 e. The van der Waals surface area contributed by atoms with Crippen molar-refractivity contribution in [2.45, 2.75) is 44.2 Å². The van der Waals surface area contributed by atoms with Crippen LogP contribution in [0.15, 0.2) is 0 Å². The molecule has 18 heavy (non-hydrogen) atoms. The third-order valence-corrected chi connectivity index (χ3v) is 3.55. The second kappa shape index (κ2) is 6.04. The quantitative estimate of drug-likeness (QED) is 0.783. The number of hydrogen-bond acceptors (Lipinski definition) is 3. The Kier molecular flexibility index (Phi) is 4.41. The highest BCUT2D eigenvalue weighted by Crippen LogP contribution is 2.17. The number of hydrogen-bond donors (Lipinski definition) is 2. The molecular formula is C12H20N2O4. The summed E-state index contributed by atoms with van der Waals surface area (Å²) in [5.74, 6) is -0.915. The Hall–Kier alpha value is -1.30. The van der Waals surface area contributed by atoms with Gasteiger partial charge in [0.2, 0.25) is 0 Å². The summed E-state index contributed by atoms with van der Waals surface area (Å²) in [6.45, 7) is 1.75. The molecule has 0 bridgehead atoms. The molecule has 2 saturated heterocycles. The fourth-order valence-electron chi connectivity index (χ4n) is 2.54. The van der Waals surface area contributed by atoms with E-state index in [-0.39, 0.29) is 12.1 Å². The monoisotopic (exact) mass is 256 g/mol. The highest BCUT2D eigenvalue weighted by atomic mass is 16.5. The van der Waals surface area contributed by atoms with Crippen molar-refractivity contribution in [3.8, 4) is 0 Å². The van der Waals surface area contributed by atoms with E-state index in [0.29, 0.717) is 19.5 Å². The molecule has 2 N–H and O–H groups in total. The molecule has 2 fully saturated rings. The SMILES string of the molecule is O=C(O)C1CCCCN1C(=O)NCC1CCCO1. The molecule has 2 amide bonds. The molecule has 0 radical (unpaired) electrons. The van der Waals surface area contributed by atoms with E-state index < -0.39 is 12.0 Å². The van der Waals surface area contributed by atoms with Crippen LogP contribution in [0.1, 0.15) is 32.1 Å². The minimum absolute atomic E-state index is 0.0852. The summed E-state index contributed by atoms with van der Waals surface area (Å²) in [5.41, 5.74) is 0. The summed E-state index contributed by atoms with van der Waals surface area (Å²) in [5, 5.41) is 11.9. The Morgan fingerprint density at radius 2 is 2.11 bits per heavy atom. The summed E-state index contributed by atoms with van der Waals surface area (Å²) in [4.78, 5) is 24.5. The molecule has 0 spiro atoms. The maximum absolute atomic E-state index is 12.0. The normalized spacial score (nSPS) is 28.1. The number of likely N-dealkylation sites (tertiary alicyclic amines) is 1. The topological polar surface area (TPSA) is 78.9 Å². The van der Waals surface area contributed by atoms with Gasteiger partial charge in [0.25, 0.3) is 0 Å². The Balaban J connectivity index is 1.83. The Morgan fingerprint density at radius 3 is 2.78 bits per heavy atom.